The quantitative estimate of drug-likeness (QED) is 0.658. The van der Waals surface area contributed by atoms with Gasteiger partial charge in [-0.2, -0.15) is 0 Å². The molecule has 0 radical (unpaired) electrons. The number of anilines is 2. The number of carbonyl (C=O) groups is 1. The molecule has 3 heteroatoms. The van der Waals surface area contributed by atoms with Crippen LogP contribution in [-0.2, 0) is 4.79 Å². The zero-order chi connectivity index (χ0) is 14.4. The Labute approximate surface area is 118 Å². The molecule has 0 fully saturated rings. The number of allylic oxidation sites excluding steroid dienone is 2. The molecule has 0 unspecified atom stereocenters. The van der Waals surface area contributed by atoms with E-state index < -0.39 is 0 Å². The van der Waals surface area contributed by atoms with Crippen molar-refractivity contribution in [3.05, 3.63) is 71.8 Å². The summed E-state index contributed by atoms with van der Waals surface area (Å²) in [5, 5.41) is 0. The second-order valence-corrected chi connectivity index (χ2v) is 4.33. The molecule has 0 aliphatic heterocycles. The Morgan fingerprint density at radius 3 is 1.55 bits per heavy atom. The highest BCUT2D eigenvalue weighted by Crippen LogP contribution is 2.13. The number of nitrogen functional groups attached to an aromatic ring is 2. The molecule has 0 aromatic heterocycles. The van der Waals surface area contributed by atoms with E-state index in [2.05, 4.69) is 0 Å². The predicted molar refractivity (Wildman–Crippen MR) is 84.8 cm³/mol. The minimum Gasteiger partial charge on any atom is -0.398 e. The first kappa shape index (κ1) is 13.6. The maximum atomic E-state index is 11.8. The van der Waals surface area contributed by atoms with E-state index in [9.17, 15) is 4.79 Å². The minimum absolute atomic E-state index is 0.114. The third-order valence-electron chi connectivity index (χ3n) is 2.85. The largest absolute Gasteiger partial charge is 0.398 e. The van der Waals surface area contributed by atoms with Gasteiger partial charge in [0, 0.05) is 11.4 Å². The highest BCUT2D eigenvalue weighted by molar-refractivity contribution is 6.05. The van der Waals surface area contributed by atoms with E-state index in [4.69, 9.17) is 11.5 Å². The Bertz CT molecular complexity index is 615. The smallest absolute Gasteiger partial charge is 0.178 e. The molecule has 0 aliphatic carbocycles. The lowest BCUT2D eigenvalue weighted by molar-refractivity contribution is -0.110. The van der Waals surface area contributed by atoms with Gasteiger partial charge in [0.15, 0.2) is 5.78 Å². The van der Waals surface area contributed by atoms with Gasteiger partial charge in [-0.1, -0.05) is 36.4 Å². The highest BCUT2D eigenvalue weighted by Gasteiger charge is 1.95. The number of hydrogen-bond donors (Lipinski definition) is 2. The Morgan fingerprint density at radius 2 is 1.15 bits per heavy atom. The Kier molecular flexibility index (Phi) is 4.35. The Morgan fingerprint density at radius 1 is 0.750 bits per heavy atom. The second kappa shape index (κ2) is 6.38. The van der Waals surface area contributed by atoms with Crippen LogP contribution in [0, 0.1) is 0 Å². The van der Waals surface area contributed by atoms with Crippen LogP contribution < -0.4 is 11.5 Å². The molecule has 0 spiro atoms. The van der Waals surface area contributed by atoms with Crippen LogP contribution in [0.1, 0.15) is 11.1 Å². The first-order valence-electron chi connectivity index (χ1n) is 6.26. The summed E-state index contributed by atoms with van der Waals surface area (Å²) in [5.74, 6) is -0.114. The van der Waals surface area contributed by atoms with Crippen molar-refractivity contribution in [3.63, 3.8) is 0 Å². The van der Waals surface area contributed by atoms with Crippen molar-refractivity contribution >= 4 is 29.3 Å². The summed E-state index contributed by atoms with van der Waals surface area (Å²) in [6.45, 7) is 0. The van der Waals surface area contributed by atoms with Crippen molar-refractivity contribution in [2.75, 3.05) is 11.5 Å². The predicted octanol–water partition coefficient (Wildman–Crippen LogP) is 3.15. The summed E-state index contributed by atoms with van der Waals surface area (Å²) in [5.41, 5.74) is 14.5. The van der Waals surface area contributed by atoms with Gasteiger partial charge in [0.1, 0.15) is 0 Å². The van der Waals surface area contributed by atoms with Crippen molar-refractivity contribution in [2.45, 2.75) is 0 Å². The second-order valence-electron chi connectivity index (χ2n) is 4.33. The first-order chi connectivity index (χ1) is 9.66. The molecule has 0 saturated carbocycles. The van der Waals surface area contributed by atoms with E-state index in [1.165, 1.54) is 12.2 Å². The molecule has 0 atom stereocenters. The first-order valence-corrected chi connectivity index (χ1v) is 6.26. The highest BCUT2D eigenvalue weighted by atomic mass is 16.1. The summed E-state index contributed by atoms with van der Waals surface area (Å²) < 4.78 is 0. The Balaban J connectivity index is 2.07. The zero-order valence-electron chi connectivity index (χ0n) is 11.0. The van der Waals surface area contributed by atoms with Crippen LogP contribution in [0.25, 0.3) is 12.2 Å². The number of para-hydroxylation sites is 2. The molecule has 2 aromatic rings. The average molecular weight is 264 g/mol. The summed E-state index contributed by atoms with van der Waals surface area (Å²) in [6.07, 6.45) is 6.38. The maximum Gasteiger partial charge on any atom is 0.178 e. The van der Waals surface area contributed by atoms with Gasteiger partial charge < -0.3 is 11.5 Å². The molecule has 2 rings (SSSR count). The number of ketones is 1. The van der Waals surface area contributed by atoms with Crippen LogP contribution in [0.5, 0.6) is 0 Å². The van der Waals surface area contributed by atoms with Crippen molar-refractivity contribution < 1.29 is 4.79 Å². The topological polar surface area (TPSA) is 69.1 Å². The lowest BCUT2D eigenvalue weighted by atomic mass is 10.1. The van der Waals surface area contributed by atoms with E-state index in [1.54, 1.807) is 24.3 Å². The molecular weight excluding hydrogens is 248 g/mol. The Hall–Kier alpha value is -2.81. The standard InChI is InChI=1S/C17H16N2O/c18-16-7-3-1-5-13(16)9-11-15(20)12-10-14-6-2-4-8-17(14)19/h1-12H,18-19H2/b11-9+,12-10+. The number of benzene rings is 2. The molecular formula is C17H16N2O. The molecule has 0 bridgehead atoms. The van der Waals surface area contributed by atoms with Gasteiger partial charge in [-0.05, 0) is 47.6 Å². The van der Waals surface area contributed by atoms with Crippen molar-refractivity contribution in [1.29, 1.82) is 0 Å². The molecule has 20 heavy (non-hydrogen) atoms. The minimum atomic E-state index is -0.114. The van der Waals surface area contributed by atoms with Crippen LogP contribution >= 0.6 is 0 Å². The van der Waals surface area contributed by atoms with Gasteiger partial charge in [0.25, 0.3) is 0 Å². The number of hydrogen-bond acceptors (Lipinski definition) is 3. The third kappa shape index (κ3) is 3.59. The van der Waals surface area contributed by atoms with Gasteiger partial charge >= 0.3 is 0 Å². The van der Waals surface area contributed by atoms with Crippen LogP contribution in [0.15, 0.2) is 60.7 Å². The van der Waals surface area contributed by atoms with Crippen molar-refractivity contribution in [3.8, 4) is 0 Å². The normalized spacial score (nSPS) is 11.2. The zero-order valence-corrected chi connectivity index (χ0v) is 11.0. The van der Waals surface area contributed by atoms with Crippen molar-refractivity contribution in [1.82, 2.24) is 0 Å². The van der Waals surface area contributed by atoms with E-state index in [0.29, 0.717) is 11.4 Å². The third-order valence-corrected chi connectivity index (χ3v) is 2.85. The van der Waals surface area contributed by atoms with Crippen LogP contribution in [0.2, 0.25) is 0 Å². The lowest BCUT2D eigenvalue weighted by Crippen LogP contribution is -1.91. The van der Waals surface area contributed by atoms with Crippen LogP contribution in [0.4, 0.5) is 11.4 Å². The molecule has 0 amide bonds. The molecule has 0 saturated heterocycles. The maximum absolute atomic E-state index is 11.8. The van der Waals surface area contributed by atoms with E-state index >= 15 is 0 Å². The van der Waals surface area contributed by atoms with Gasteiger partial charge in [-0.3, -0.25) is 4.79 Å². The SMILES string of the molecule is Nc1ccccc1/C=C/C(=O)/C=C/c1ccccc1N. The number of rotatable bonds is 4. The summed E-state index contributed by atoms with van der Waals surface area (Å²) >= 11 is 0. The summed E-state index contributed by atoms with van der Waals surface area (Å²) in [6, 6.07) is 14.8. The fourth-order valence-electron chi connectivity index (χ4n) is 1.72. The number of carbonyl (C=O) groups excluding carboxylic acids is 1. The molecule has 0 heterocycles. The van der Waals surface area contributed by atoms with Gasteiger partial charge in [0.05, 0.1) is 0 Å². The molecule has 0 aliphatic rings. The van der Waals surface area contributed by atoms with Crippen LogP contribution in [-0.4, -0.2) is 5.78 Å². The van der Waals surface area contributed by atoms with E-state index in [-0.39, 0.29) is 5.78 Å². The van der Waals surface area contributed by atoms with Gasteiger partial charge in [-0.25, -0.2) is 0 Å². The molecule has 4 N–H and O–H groups in total. The number of nitrogens with two attached hydrogens (primary N) is 2. The molecule has 2 aromatic carbocycles. The average Bonchev–Trinajstić information content (AvgIpc) is 2.45. The van der Waals surface area contributed by atoms with Crippen molar-refractivity contribution in [2.24, 2.45) is 0 Å². The molecule has 3 nitrogen and oxygen atoms in total. The fraction of sp³-hybridized carbons (Fsp3) is 0. The van der Waals surface area contributed by atoms with E-state index in [1.807, 2.05) is 36.4 Å². The molecule has 100 valence electrons. The van der Waals surface area contributed by atoms with Gasteiger partial charge in [-0.15, -0.1) is 0 Å². The summed E-state index contributed by atoms with van der Waals surface area (Å²) in [4.78, 5) is 11.8. The fourth-order valence-corrected chi connectivity index (χ4v) is 1.72. The monoisotopic (exact) mass is 264 g/mol. The van der Waals surface area contributed by atoms with Crippen LogP contribution in [0.3, 0.4) is 0 Å². The summed E-state index contributed by atoms with van der Waals surface area (Å²) in [7, 11) is 0. The lowest BCUT2D eigenvalue weighted by Gasteiger charge is -1.98. The van der Waals surface area contributed by atoms with Gasteiger partial charge in [0.2, 0.25) is 0 Å². The van der Waals surface area contributed by atoms with E-state index in [0.717, 1.165) is 11.1 Å².